The summed E-state index contributed by atoms with van der Waals surface area (Å²) in [5.41, 5.74) is 7.37. The van der Waals surface area contributed by atoms with Crippen molar-refractivity contribution in [3.05, 3.63) is 69.9 Å². The molecule has 1 aliphatic rings. The van der Waals surface area contributed by atoms with Crippen LogP contribution in [0.15, 0.2) is 53.8 Å². The third-order valence-corrected chi connectivity index (χ3v) is 6.93. The number of aromatic nitrogens is 6. The molecule has 0 fully saturated rings. The van der Waals surface area contributed by atoms with Crippen molar-refractivity contribution in [3.8, 4) is 22.6 Å². The number of rotatable bonds is 6. The first-order valence-corrected chi connectivity index (χ1v) is 13.1. The van der Waals surface area contributed by atoms with E-state index in [-0.39, 0.29) is 5.91 Å². The van der Waals surface area contributed by atoms with Gasteiger partial charge in [-0.1, -0.05) is 26.0 Å². The Labute approximate surface area is 216 Å². The second-order valence-corrected chi connectivity index (χ2v) is 10.2. The lowest BCUT2D eigenvalue weighted by Gasteiger charge is -2.09. The number of nitrogens with one attached hydrogen (secondary N) is 3. The largest absolute Gasteiger partial charge is 0.335 e. The average Bonchev–Trinajstić information content (AvgIpc) is 3.61. The molecule has 0 spiro atoms. The molecule has 6 rings (SSSR count). The van der Waals surface area contributed by atoms with Gasteiger partial charge in [-0.05, 0) is 58.0 Å². The van der Waals surface area contributed by atoms with E-state index in [1.165, 1.54) is 0 Å². The van der Waals surface area contributed by atoms with Crippen molar-refractivity contribution in [3.63, 3.8) is 0 Å². The molecule has 5 heterocycles. The summed E-state index contributed by atoms with van der Waals surface area (Å²) >= 11 is 1.65. The maximum Gasteiger partial charge on any atom is 0.224 e. The van der Waals surface area contributed by atoms with Crippen molar-refractivity contribution in [1.29, 1.82) is 0 Å². The predicted molar refractivity (Wildman–Crippen MR) is 148 cm³/mol. The lowest BCUT2D eigenvalue weighted by molar-refractivity contribution is -0.116. The van der Waals surface area contributed by atoms with E-state index in [4.69, 9.17) is 4.98 Å². The van der Waals surface area contributed by atoms with Gasteiger partial charge in [0.1, 0.15) is 11.2 Å². The summed E-state index contributed by atoms with van der Waals surface area (Å²) in [5.74, 6) is 0.990. The Balaban J connectivity index is 1.31. The van der Waals surface area contributed by atoms with Crippen LogP contribution in [-0.2, 0) is 4.79 Å². The first kappa shape index (κ1) is 23.1. The molecule has 0 saturated heterocycles. The fourth-order valence-electron chi connectivity index (χ4n) is 4.50. The molecule has 0 aliphatic heterocycles. The quantitative estimate of drug-likeness (QED) is 0.313. The van der Waals surface area contributed by atoms with Gasteiger partial charge in [0.25, 0.3) is 0 Å². The van der Waals surface area contributed by atoms with E-state index in [1.54, 1.807) is 23.7 Å². The van der Waals surface area contributed by atoms with E-state index in [2.05, 4.69) is 59.4 Å². The fraction of sp³-hybridized carbons (Fsp3) is 0.179. The highest BCUT2D eigenvalue weighted by Crippen LogP contribution is 2.29. The molecule has 0 atom stereocenters. The number of H-pyrrole nitrogens is 2. The molecule has 0 aromatic carbocycles. The predicted octanol–water partition coefficient (Wildman–Crippen LogP) is 4.50. The Kier molecular flexibility index (Phi) is 5.97. The first-order valence-electron chi connectivity index (χ1n) is 12.1. The summed E-state index contributed by atoms with van der Waals surface area (Å²) in [6.07, 6.45) is 14.5. The Morgan fingerprint density at radius 1 is 1.14 bits per heavy atom. The van der Waals surface area contributed by atoms with Crippen LogP contribution in [0.5, 0.6) is 0 Å². The van der Waals surface area contributed by atoms with Crippen molar-refractivity contribution in [2.75, 3.05) is 5.32 Å². The molecule has 5 aromatic heterocycles. The number of nitrogens with zero attached hydrogens (tertiary/aromatic N) is 4. The number of thiophene rings is 1. The van der Waals surface area contributed by atoms with Gasteiger partial charge < -0.3 is 10.3 Å². The highest BCUT2D eigenvalue weighted by molar-refractivity contribution is 7.08. The maximum atomic E-state index is 12.2. The molecule has 9 heteroatoms. The first-order chi connectivity index (χ1) is 18.0. The molecular weight excluding hydrogens is 482 g/mol. The Bertz CT molecular complexity index is 1760. The maximum absolute atomic E-state index is 12.2. The number of hydrogen-bond donors (Lipinski definition) is 3. The second-order valence-electron chi connectivity index (χ2n) is 9.46. The Hall–Kier alpha value is -4.37. The number of imidazole rings is 1. The van der Waals surface area contributed by atoms with E-state index in [0.717, 1.165) is 49.6 Å². The molecule has 8 nitrogen and oxygen atoms in total. The second kappa shape index (κ2) is 9.59. The van der Waals surface area contributed by atoms with Gasteiger partial charge in [0.2, 0.25) is 5.91 Å². The number of amides is 1. The molecular formula is C28H25N7OS. The zero-order valence-electron chi connectivity index (χ0n) is 20.4. The number of hydrogen-bond acceptors (Lipinski definition) is 6. The zero-order valence-corrected chi connectivity index (χ0v) is 21.3. The van der Waals surface area contributed by atoms with Crippen LogP contribution >= 0.6 is 11.3 Å². The van der Waals surface area contributed by atoms with Gasteiger partial charge in [-0.15, -0.1) is 0 Å². The van der Waals surface area contributed by atoms with Crippen LogP contribution in [0.3, 0.4) is 0 Å². The van der Waals surface area contributed by atoms with Crippen molar-refractivity contribution in [2.45, 2.75) is 26.7 Å². The standard InChI is InChI=1S/C28H25N7OS/c1-16(2)9-25(36)31-20-10-19(11-29-12-20)17-3-5-21-23(6-4-17)34-35-27(21)28-32-24-14-30-13-22(26(24)33-28)18-7-8-37-15-18/h4-8,10-16,34H,3,9H2,1-2H3,(H,31,36)(H,32,33). The highest BCUT2D eigenvalue weighted by atomic mass is 32.1. The highest BCUT2D eigenvalue weighted by Gasteiger charge is 2.15. The number of aromatic amines is 2. The molecule has 0 radical (unpaired) electrons. The molecule has 3 N–H and O–H groups in total. The lowest BCUT2D eigenvalue weighted by Crippen LogP contribution is -2.23. The number of fused-ring (bicyclic) bond motifs is 2. The van der Waals surface area contributed by atoms with Crippen LogP contribution in [0, 0.1) is 5.92 Å². The van der Waals surface area contributed by atoms with Gasteiger partial charge in [-0.2, -0.15) is 16.4 Å². The van der Waals surface area contributed by atoms with Crippen LogP contribution < -0.4 is 15.9 Å². The van der Waals surface area contributed by atoms with Crippen molar-refractivity contribution in [1.82, 2.24) is 30.1 Å². The van der Waals surface area contributed by atoms with Gasteiger partial charge in [0.05, 0.1) is 28.9 Å². The minimum absolute atomic E-state index is 0.00388. The lowest BCUT2D eigenvalue weighted by atomic mass is 10.0. The SMILES string of the molecule is CC(C)CC(=O)Nc1cncc(C2=CC=c3[nH]nc(-c4nc5c(-c6ccsc6)cncc5[nH]4)c3=CC2)c1. The van der Waals surface area contributed by atoms with Gasteiger partial charge in [-0.25, -0.2) is 4.98 Å². The molecule has 1 amide bonds. The van der Waals surface area contributed by atoms with Crippen LogP contribution in [0.25, 0.3) is 51.4 Å². The molecule has 5 aromatic rings. The van der Waals surface area contributed by atoms with Crippen molar-refractivity contribution < 1.29 is 4.79 Å². The van der Waals surface area contributed by atoms with Crippen LogP contribution in [-0.4, -0.2) is 36.0 Å². The van der Waals surface area contributed by atoms with Gasteiger partial charge in [0.15, 0.2) is 5.82 Å². The summed E-state index contributed by atoms with van der Waals surface area (Å²) in [4.78, 5) is 29.3. The zero-order chi connectivity index (χ0) is 25.4. The number of pyridine rings is 2. The third-order valence-electron chi connectivity index (χ3n) is 6.25. The number of carbonyl (C=O) groups is 1. The number of allylic oxidation sites excluding steroid dienone is 2. The van der Waals surface area contributed by atoms with Gasteiger partial charge in [0, 0.05) is 29.6 Å². The normalized spacial score (nSPS) is 13.0. The van der Waals surface area contributed by atoms with E-state index >= 15 is 0 Å². The van der Waals surface area contributed by atoms with Crippen molar-refractivity contribution in [2.24, 2.45) is 5.92 Å². The van der Waals surface area contributed by atoms with E-state index < -0.39 is 0 Å². The van der Waals surface area contributed by atoms with E-state index in [9.17, 15) is 4.79 Å². The number of anilines is 1. The molecule has 0 bridgehead atoms. The summed E-state index contributed by atoms with van der Waals surface area (Å²) in [5, 5.41) is 16.7. The summed E-state index contributed by atoms with van der Waals surface area (Å²) in [6, 6.07) is 4.04. The number of carbonyl (C=O) groups excluding carboxylic acids is 1. The Morgan fingerprint density at radius 2 is 2.03 bits per heavy atom. The summed E-state index contributed by atoms with van der Waals surface area (Å²) < 4.78 is 0. The minimum atomic E-state index is -0.00388. The topological polar surface area (TPSA) is 112 Å². The monoisotopic (exact) mass is 507 g/mol. The average molecular weight is 508 g/mol. The van der Waals surface area contributed by atoms with Crippen LogP contribution in [0.2, 0.25) is 0 Å². The molecule has 0 saturated carbocycles. The Morgan fingerprint density at radius 3 is 2.86 bits per heavy atom. The molecule has 0 unspecified atom stereocenters. The van der Waals surface area contributed by atoms with Crippen LogP contribution in [0.4, 0.5) is 5.69 Å². The van der Waals surface area contributed by atoms with Crippen molar-refractivity contribution >= 4 is 51.7 Å². The molecule has 1 aliphatic carbocycles. The van der Waals surface area contributed by atoms with E-state index in [0.29, 0.717) is 30.3 Å². The van der Waals surface area contributed by atoms with Gasteiger partial charge >= 0.3 is 0 Å². The van der Waals surface area contributed by atoms with Crippen LogP contribution in [0.1, 0.15) is 32.3 Å². The molecule has 37 heavy (non-hydrogen) atoms. The van der Waals surface area contributed by atoms with E-state index in [1.807, 2.05) is 38.4 Å². The summed E-state index contributed by atoms with van der Waals surface area (Å²) in [7, 11) is 0. The summed E-state index contributed by atoms with van der Waals surface area (Å²) in [6.45, 7) is 4.05. The molecule has 184 valence electrons. The van der Waals surface area contributed by atoms with Gasteiger partial charge in [-0.3, -0.25) is 19.9 Å². The smallest absolute Gasteiger partial charge is 0.224 e. The fourth-order valence-corrected chi connectivity index (χ4v) is 5.15. The minimum Gasteiger partial charge on any atom is -0.335 e. The third kappa shape index (κ3) is 4.61.